The number of halogens is 1. The first-order chi connectivity index (χ1) is 9.09. The molecule has 1 heterocycles. The molecule has 0 aliphatic carbocycles. The number of hydrogen-bond donors (Lipinski definition) is 2. The Kier molecular flexibility index (Phi) is 4.16. The predicted octanol–water partition coefficient (Wildman–Crippen LogP) is 2.63. The third-order valence-electron chi connectivity index (χ3n) is 2.78. The molecule has 0 unspecified atom stereocenters. The van der Waals surface area contributed by atoms with Crippen molar-refractivity contribution in [1.82, 2.24) is 10.3 Å². The smallest absolute Gasteiger partial charge is 0.260 e. The van der Waals surface area contributed by atoms with E-state index in [0.29, 0.717) is 0 Å². The number of amides is 1. The fraction of sp³-hybridized carbons (Fsp3) is 0.143. The molecule has 19 heavy (non-hydrogen) atoms. The Balaban J connectivity index is 2.18. The van der Waals surface area contributed by atoms with Crippen molar-refractivity contribution in [3.8, 4) is 0 Å². The number of benzene rings is 1. The van der Waals surface area contributed by atoms with E-state index in [1.54, 1.807) is 6.07 Å². The second-order valence-corrected chi connectivity index (χ2v) is 4.98. The first kappa shape index (κ1) is 13.5. The molecular formula is C14H13BrN2O2. The lowest BCUT2D eigenvalue weighted by Crippen LogP contribution is -2.31. The topological polar surface area (TPSA) is 62.0 Å². The first-order valence-electron chi connectivity index (χ1n) is 5.82. The highest BCUT2D eigenvalue weighted by atomic mass is 79.9. The van der Waals surface area contributed by atoms with E-state index in [0.717, 1.165) is 10.0 Å². The van der Waals surface area contributed by atoms with Gasteiger partial charge in [-0.2, -0.15) is 0 Å². The molecule has 2 rings (SSSR count). The second-order valence-electron chi connectivity index (χ2n) is 4.13. The molecule has 5 heteroatoms. The normalized spacial score (nSPS) is 11.9. The molecule has 1 aromatic heterocycles. The van der Waals surface area contributed by atoms with Crippen LogP contribution in [0.25, 0.3) is 0 Å². The van der Waals surface area contributed by atoms with Crippen molar-refractivity contribution in [2.45, 2.75) is 13.0 Å². The third kappa shape index (κ3) is 3.12. The van der Waals surface area contributed by atoms with Gasteiger partial charge < -0.3 is 10.3 Å². The summed E-state index contributed by atoms with van der Waals surface area (Å²) < 4.78 is 0.921. The largest absolute Gasteiger partial charge is 0.345 e. The molecule has 98 valence electrons. The third-order valence-corrected chi connectivity index (χ3v) is 3.50. The molecule has 0 aliphatic heterocycles. The van der Waals surface area contributed by atoms with Crippen LogP contribution in [0.2, 0.25) is 0 Å². The summed E-state index contributed by atoms with van der Waals surface area (Å²) in [7, 11) is 0. The van der Waals surface area contributed by atoms with Crippen LogP contribution in [0.3, 0.4) is 0 Å². The molecule has 0 bridgehead atoms. The van der Waals surface area contributed by atoms with Crippen molar-refractivity contribution in [3.63, 3.8) is 0 Å². The van der Waals surface area contributed by atoms with Gasteiger partial charge in [-0.3, -0.25) is 9.59 Å². The number of H-pyrrole nitrogens is 1. The Morgan fingerprint density at radius 3 is 2.68 bits per heavy atom. The molecule has 0 saturated heterocycles. The van der Waals surface area contributed by atoms with E-state index in [1.807, 2.05) is 31.2 Å². The van der Waals surface area contributed by atoms with Crippen LogP contribution in [0.15, 0.2) is 51.9 Å². The molecular weight excluding hydrogens is 308 g/mol. The minimum Gasteiger partial charge on any atom is -0.345 e. The number of aromatic amines is 1. The van der Waals surface area contributed by atoms with Gasteiger partial charge >= 0.3 is 0 Å². The molecule has 2 aromatic rings. The monoisotopic (exact) mass is 320 g/mol. The lowest BCUT2D eigenvalue weighted by atomic mass is 10.1. The van der Waals surface area contributed by atoms with Gasteiger partial charge in [0.2, 0.25) is 0 Å². The SMILES string of the molecule is C[C@H](NC(=O)c1ccc[nH]c1=O)c1ccccc1Br. The highest BCUT2D eigenvalue weighted by Crippen LogP contribution is 2.22. The summed E-state index contributed by atoms with van der Waals surface area (Å²) in [6.07, 6.45) is 1.50. The molecule has 1 atom stereocenters. The summed E-state index contributed by atoms with van der Waals surface area (Å²) in [5, 5.41) is 2.81. The van der Waals surface area contributed by atoms with Crippen molar-refractivity contribution >= 4 is 21.8 Å². The van der Waals surface area contributed by atoms with Crippen LogP contribution in [-0.4, -0.2) is 10.9 Å². The molecule has 0 fully saturated rings. The molecule has 1 amide bonds. The highest BCUT2D eigenvalue weighted by Gasteiger charge is 2.15. The maximum atomic E-state index is 12.0. The summed E-state index contributed by atoms with van der Waals surface area (Å²) in [5.74, 6) is -0.384. The maximum Gasteiger partial charge on any atom is 0.260 e. The average Bonchev–Trinajstić information content (AvgIpc) is 2.39. The van der Waals surface area contributed by atoms with Gasteiger partial charge in [0.05, 0.1) is 6.04 Å². The van der Waals surface area contributed by atoms with Crippen LogP contribution in [0.1, 0.15) is 28.9 Å². The Hall–Kier alpha value is -1.88. The number of carbonyl (C=O) groups is 1. The minimum absolute atomic E-state index is 0.112. The van der Waals surface area contributed by atoms with E-state index in [-0.39, 0.29) is 23.1 Å². The van der Waals surface area contributed by atoms with Crippen LogP contribution in [0, 0.1) is 0 Å². The first-order valence-corrected chi connectivity index (χ1v) is 6.62. The van der Waals surface area contributed by atoms with E-state index in [4.69, 9.17) is 0 Å². The summed E-state index contributed by atoms with van der Waals surface area (Å²) >= 11 is 3.44. The van der Waals surface area contributed by atoms with Crippen LogP contribution in [-0.2, 0) is 0 Å². The number of pyridine rings is 1. The van der Waals surface area contributed by atoms with Gasteiger partial charge in [-0.25, -0.2) is 0 Å². The Bertz CT molecular complexity index is 652. The second kappa shape index (κ2) is 5.84. The van der Waals surface area contributed by atoms with Crippen LogP contribution >= 0.6 is 15.9 Å². The number of hydrogen-bond acceptors (Lipinski definition) is 2. The number of aromatic nitrogens is 1. The molecule has 4 nitrogen and oxygen atoms in total. The van der Waals surface area contributed by atoms with Crippen molar-refractivity contribution in [2.24, 2.45) is 0 Å². The van der Waals surface area contributed by atoms with E-state index < -0.39 is 0 Å². The predicted molar refractivity (Wildman–Crippen MR) is 77.1 cm³/mol. The molecule has 0 spiro atoms. The van der Waals surface area contributed by atoms with Gasteiger partial charge in [-0.1, -0.05) is 34.1 Å². The number of rotatable bonds is 3. The highest BCUT2D eigenvalue weighted by molar-refractivity contribution is 9.10. The van der Waals surface area contributed by atoms with Gasteiger partial charge in [0.15, 0.2) is 0 Å². The lowest BCUT2D eigenvalue weighted by Gasteiger charge is -2.15. The fourth-order valence-electron chi connectivity index (χ4n) is 1.78. The van der Waals surface area contributed by atoms with Crippen molar-refractivity contribution < 1.29 is 4.79 Å². The zero-order valence-electron chi connectivity index (χ0n) is 10.3. The fourth-order valence-corrected chi connectivity index (χ4v) is 2.41. The van der Waals surface area contributed by atoms with Gasteiger partial charge in [0, 0.05) is 10.7 Å². The van der Waals surface area contributed by atoms with Crippen molar-refractivity contribution in [3.05, 3.63) is 68.5 Å². The van der Waals surface area contributed by atoms with Crippen LogP contribution in [0.5, 0.6) is 0 Å². The average molecular weight is 321 g/mol. The van der Waals surface area contributed by atoms with E-state index in [1.165, 1.54) is 12.3 Å². The maximum absolute atomic E-state index is 12.0. The zero-order chi connectivity index (χ0) is 13.8. The lowest BCUT2D eigenvalue weighted by molar-refractivity contribution is 0.0938. The van der Waals surface area contributed by atoms with Gasteiger partial charge in [-0.05, 0) is 30.7 Å². The molecule has 0 aliphatic rings. The Morgan fingerprint density at radius 2 is 2.00 bits per heavy atom. The quantitative estimate of drug-likeness (QED) is 0.913. The van der Waals surface area contributed by atoms with Crippen molar-refractivity contribution in [2.75, 3.05) is 0 Å². The minimum atomic E-state index is -0.390. The molecule has 0 saturated carbocycles. The van der Waals surface area contributed by atoms with Gasteiger partial charge in [0.1, 0.15) is 5.56 Å². The molecule has 0 radical (unpaired) electrons. The van der Waals surface area contributed by atoms with Crippen LogP contribution < -0.4 is 10.9 Å². The zero-order valence-corrected chi connectivity index (χ0v) is 11.9. The summed E-state index contributed by atoms with van der Waals surface area (Å²) in [5.41, 5.74) is 0.684. The van der Waals surface area contributed by atoms with Crippen LogP contribution in [0.4, 0.5) is 0 Å². The van der Waals surface area contributed by atoms with E-state index in [2.05, 4.69) is 26.2 Å². The van der Waals surface area contributed by atoms with Gasteiger partial charge in [0.25, 0.3) is 11.5 Å². The molecule has 2 N–H and O–H groups in total. The molecule has 1 aromatic carbocycles. The van der Waals surface area contributed by atoms with Gasteiger partial charge in [-0.15, -0.1) is 0 Å². The number of nitrogens with one attached hydrogen (secondary N) is 2. The summed E-state index contributed by atoms with van der Waals surface area (Å²) in [6, 6.07) is 10.6. The standard InChI is InChI=1S/C14H13BrN2O2/c1-9(10-5-2-3-7-12(10)15)17-14(19)11-6-4-8-16-13(11)18/h2-9H,1H3,(H,16,18)(H,17,19)/t9-/m0/s1. The summed E-state index contributed by atoms with van der Waals surface area (Å²) in [6.45, 7) is 1.87. The Labute approximate surface area is 119 Å². The summed E-state index contributed by atoms with van der Waals surface area (Å²) in [4.78, 5) is 26.0. The number of carbonyl (C=O) groups excluding carboxylic acids is 1. The van der Waals surface area contributed by atoms with E-state index in [9.17, 15) is 9.59 Å². The van der Waals surface area contributed by atoms with E-state index >= 15 is 0 Å². The Morgan fingerprint density at radius 1 is 1.26 bits per heavy atom. The van der Waals surface area contributed by atoms with Crippen molar-refractivity contribution in [1.29, 1.82) is 0 Å².